The maximum Gasteiger partial charge on any atom is 0.220 e. The van der Waals surface area contributed by atoms with Gasteiger partial charge < -0.3 is 19.8 Å². The number of amides is 1. The van der Waals surface area contributed by atoms with E-state index in [0.29, 0.717) is 30.5 Å². The van der Waals surface area contributed by atoms with Crippen LogP contribution in [0.1, 0.15) is 12.1 Å². The lowest BCUT2D eigenvalue weighted by Gasteiger charge is -2.41. The highest BCUT2D eigenvalue weighted by atomic mass is 35.5. The molecule has 1 amide bonds. The molecule has 140 valence electrons. The van der Waals surface area contributed by atoms with Gasteiger partial charge in [-0.1, -0.05) is 17.7 Å². The highest BCUT2D eigenvalue weighted by Crippen LogP contribution is 2.26. The molecule has 1 aliphatic heterocycles. The molecule has 2 heterocycles. The zero-order valence-electron chi connectivity index (χ0n) is 14.7. The van der Waals surface area contributed by atoms with Crippen LogP contribution in [0.25, 0.3) is 0 Å². The Bertz CT molecular complexity index is 766. The molecule has 1 atom stereocenters. The van der Waals surface area contributed by atoms with E-state index in [0.717, 1.165) is 12.2 Å². The molecule has 0 saturated carbocycles. The summed E-state index contributed by atoms with van der Waals surface area (Å²) in [6.07, 6.45) is 3.84. The molecule has 3 rings (SSSR count). The summed E-state index contributed by atoms with van der Waals surface area (Å²) in [7, 11) is 1.94. The molecule has 1 unspecified atom stereocenters. The van der Waals surface area contributed by atoms with Gasteiger partial charge in [-0.25, -0.2) is 4.98 Å². The minimum absolute atomic E-state index is 0.0896. The first kappa shape index (κ1) is 18.7. The number of imidazole rings is 1. The number of aryl methyl sites for hydroxylation is 1. The minimum Gasteiger partial charge on any atom is -0.490 e. The number of rotatable bonds is 7. The lowest BCUT2D eigenvalue weighted by Crippen LogP contribution is -2.56. The maximum atomic E-state index is 11.6. The van der Waals surface area contributed by atoms with Crippen LogP contribution in [0, 0.1) is 0 Å². The molecule has 1 saturated heterocycles. The largest absolute Gasteiger partial charge is 0.490 e. The highest BCUT2D eigenvalue weighted by Gasteiger charge is 2.39. The van der Waals surface area contributed by atoms with Crippen molar-refractivity contribution in [3.8, 4) is 5.75 Å². The predicted octanol–water partition coefficient (Wildman–Crippen LogP) is 1.60. The summed E-state index contributed by atoms with van der Waals surface area (Å²) in [5, 5.41) is 0.591. The van der Waals surface area contributed by atoms with Gasteiger partial charge in [0.2, 0.25) is 5.91 Å². The summed E-state index contributed by atoms with van der Waals surface area (Å²) in [4.78, 5) is 18.2. The number of hydrogen-bond donors (Lipinski definition) is 1. The Hall–Kier alpha value is -2.09. The molecule has 1 aliphatic rings. The molecule has 2 aromatic rings. The van der Waals surface area contributed by atoms with Crippen molar-refractivity contribution in [2.24, 2.45) is 12.8 Å². The molecule has 1 aromatic carbocycles. The topological polar surface area (TPSA) is 82.6 Å². The molecule has 0 radical (unpaired) electrons. The van der Waals surface area contributed by atoms with Crippen molar-refractivity contribution in [3.05, 3.63) is 47.5 Å². The second-order valence-corrected chi connectivity index (χ2v) is 7.10. The van der Waals surface area contributed by atoms with Crippen LogP contribution in [0.2, 0.25) is 5.02 Å². The van der Waals surface area contributed by atoms with E-state index in [9.17, 15) is 4.79 Å². The number of morpholine rings is 1. The number of ether oxygens (including phenoxy) is 2. The highest BCUT2D eigenvalue weighted by molar-refractivity contribution is 6.30. The van der Waals surface area contributed by atoms with Crippen LogP contribution in [0.15, 0.2) is 36.8 Å². The summed E-state index contributed by atoms with van der Waals surface area (Å²) < 4.78 is 13.8. The van der Waals surface area contributed by atoms with E-state index in [1.165, 1.54) is 0 Å². The third-order valence-electron chi connectivity index (χ3n) is 4.27. The molecule has 0 bridgehead atoms. The van der Waals surface area contributed by atoms with Crippen LogP contribution in [0.4, 0.5) is 0 Å². The fourth-order valence-corrected chi connectivity index (χ4v) is 3.35. The zero-order chi connectivity index (χ0) is 18.6. The number of aromatic nitrogens is 2. The Labute approximate surface area is 157 Å². The minimum atomic E-state index is -0.790. The normalized spacial score (nSPS) is 20.8. The van der Waals surface area contributed by atoms with Gasteiger partial charge in [0.1, 0.15) is 18.0 Å². The van der Waals surface area contributed by atoms with Crippen LogP contribution in [-0.2, 0) is 23.1 Å². The monoisotopic (exact) mass is 378 g/mol. The fourth-order valence-electron chi connectivity index (χ4n) is 3.17. The van der Waals surface area contributed by atoms with Crippen molar-refractivity contribution in [2.75, 3.05) is 26.3 Å². The lowest BCUT2D eigenvalue weighted by atomic mass is 9.97. The van der Waals surface area contributed by atoms with E-state index >= 15 is 0 Å². The molecule has 0 spiro atoms. The van der Waals surface area contributed by atoms with Crippen molar-refractivity contribution in [1.29, 1.82) is 0 Å². The Morgan fingerprint density at radius 3 is 3.04 bits per heavy atom. The SMILES string of the molecule is Cn1cnc(CN2CCOC(COc3cccc(Cl)c3)(CC(N)=O)C2)c1. The Morgan fingerprint density at radius 1 is 1.50 bits per heavy atom. The Balaban J connectivity index is 1.69. The van der Waals surface area contributed by atoms with Gasteiger partial charge in [-0.3, -0.25) is 9.69 Å². The molecule has 7 nitrogen and oxygen atoms in total. The first-order valence-electron chi connectivity index (χ1n) is 8.44. The average Bonchev–Trinajstić information content (AvgIpc) is 2.98. The summed E-state index contributed by atoms with van der Waals surface area (Å²) >= 11 is 6.00. The maximum absolute atomic E-state index is 11.6. The van der Waals surface area contributed by atoms with Gasteiger partial charge in [-0.2, -0.15) is 0 Å². The molecule has 1 aromatic heterocycles. The van der Waals surface area contributed by atoms with E-state index in [-0.39, 0.29) is 13.0 Å². The second kappa shape index (κ2) is 8.07. The fraction of sp³-hybridized carbons (Fsp3) is 0.444. The third-order valence-corrected chi connectivity index (χ3v) is 4.50. The molecule has 0 aliphatic carbocycles. The van der Waals surface area contributed by atoms with Crippen LogP contribution in [-0.4, -0.2) is 52.3 Å². The summed E-state index contributed by atoms with van der Waals surface area (Å²) in [6.45, 7) is 2.69. The third kappa shape index (κ3) is 4.97. The summed E-state index contributed by atoms with van der Waals surface area (Å²) in [6, 6.07) is 7.14. The van der Waals surface area contributed by atoms with E-state index in [1.807, 2.05) is 29.9 Å². The van der Waals surface area contributed by atoms with Crippen molar-refractivity contribution in [2.45, 2.75) is 18.6 Å². The number of halogens is 1. The van der Waals surface area contributed by atoms with E-state index in [2.05, 4.69) is 9.88 Å². The van der Waals surface area contributed by atoms with Gasteiger partial charge in [-0.05, 0) is 18.2 Å². The van der Waals surface area contributed by atoms with Crippen LogP contribution in [0.5, 0.6) is 5.75 Å². The number of primary amides is 1. The molecular formula is C18H23ClN4O3. The van der Waals surface area contributed by atoms with E-state index < -0.39 is 11.5 Å². The van der Waals surface area contributed by atoms with Gasteiger partial charge >= 0.3 is 0 Å². The first-order chi connectivity index (χ1) is 12.4. The molecular weight excluding hydrogens is 356 g/mol. The average molecular weight is 379 g/mol. The number of benzene rings is 1. The van der Waals surface area contributed by atoms with Gasteiger partial charge in [0.15, 0.2) is 0 Å². The summed E-state index contributed by atoms with van der Waals surface area (Å²) in [5.74, 6) is 0.214. The van der Waals surface area contributed by atoms with Crippen molar-refractivity contribution < 1.29 is 14.3 Å². The smallest absolute Gasteiger partial charge is 0.220 e. The number of carbonyl (C=O) groups is 1. The Morgan fingerprint density at radius 2 is 2.35 bits per heavy atom. The molecule has 1 fully saturated rings. The van der Waals surface area contributed by atoms with Gasteiger partial charge in [-0.15, -0.1) is 0 Å². The zero-order valence-corrected chi connectivity index (χ0v) is 15.5. The number of nitrogens with two attached hydrogens (primary N) is 1. The molecule has 2 N–H and O–H groups in total. The first-order valence-corrected chi connectivity index (χ1v) is 8.82. The van der Waals surface area contributed by atoms with Crippen molar-refractivity contribution >= 4 is 17.5 Å². The second-order valence-electron chi connectivity index (χ2n) is 6.66. The molecule has 26 heavy (non-hydrogen) atoms. The van der Waals surface area contributed by atoms with E-state index in [1.54, 1.807) is 18.5 Å². The molecule has 8 heteroatoms. The number of carbonyl (C=O) groups excluding carboxylic acids is 1. The van der Waals surface area contributed by atoms with E-state index in [4.69, 9.17) is 26.8 Å². The van der Waals surface area contributed by atoms with Crippen LogP contribution < -0.4 is 10.5 Å². The van der Waals surface area contributed by atoms with Crippen molar-refractivity contribution in [1.82, 2.24) is 14.5 Å². The standard InChI is InChI=1S/C18H23ClN4O3/c1-22-9-15(21-13-22)10-23-5-6-26-18(11-23,8-17(20)24)12-25-16-4-2-3-14(19)7-16/h2-4,7,9,13H,5-6,8,10-12H2,1H3,(H2,20,24). The number of nitrogens with zero attached hydrogens (tertiary/aromatic N) is 3. The Kier molecular flexibility index (Phi) is 5.80. The lowest BCUT2D eigenvalue weighted by molar-refractivity contribution is -0.148. The van der Waals surface area contributed by atoms with Gasteiger partial charge in [0, 0.05) is 37.9 Å². The van der Waals surface area contributed by atoms with Crippen LogP contribution >= 0.6 is 11.6 Å². The summed E-state index contributed by atoms with van der Waals surface area (Å²) in [5.41, 5.74) is 5.65. The number of hydrogen-bond acceptors (Lipinski definition) is 5. The van der Waals surface area contributed by atoms with Crippen molar-refractivity contribution in [3.63, 3.8) is 0 Å². The van der Waals surface area contributed by atoms with Crippen LogP contribution in [0.3, 0.4) is 0 Å². The van der Waals surface area contributed by atoms with Gasteiger partial charge in [0.05, 0.1) is 25.0 Å². The predicted molar refractivity (Wildman–Crippen MR) is 97.9 cm³/mol. The van der Waals surface area contributed by atoms with Gasteiger partial charge in [0.25, 0.3) is 0 Å². The quantitative estimate of drug-likeness (QED) is 0.791.